The Labute approximate surface area is 175 Å². The second-order valence-corrected chi connectivity index (χ2v) is 9.73. The van der Waals surface area contributed by atoms with Gasteiger partial charge in [0.2, 0.25) is 0 Å². The van der Waals surface area contributed by atoms with E-state index in [1.807, 2.05) is 11.8 Å². The molecule has 0 spiro atoms. The number of carbonyl (C=O) groups excluding carboxylic acids is 1. The molecular formula is C20H19N3O5S2. The highest BCUT2D eigenvalue weighted by Gasteiger charge is 2.17. The van der Waals surface area contributed by atoms with Crippen LogP contribution < -0.4 is 15.0 Å². The molecule has 0 saturated carbocycles. The molecule has 0 unspecified atom stereocenters. The van der Waals surface area contributed by atoms with E-state index in [1.165, 1.54) is 36.4 Å². The molecule has 0 saturated heterocycles. The second kappa shape index (κ2) is 8.66. The third-order valence-electron chi connectivity index (χ3n) is 4.08. The minimum atomic E-state index is -4.04. The van der Waals surface area contributed by atoms with Gasteiger partial charge in [0.05, 0.1) is 9.79 Å². The number of amides is 1. The van der Waals surface area contributed by atoms with Gasteiger partial charge in [-0.1, -0.05) is 35.9 Å². The van der Waals surface area contributed by atoms with Crippen molar-refractivity contribution in [1.29, 1.82) is 0 Å². The van der Waals surface area contributed by atoms with Crippen LogP contribution in [0, 0.1) is 6.92 Å². The van der Waals surface area contributed by atoms with Crippen LogP contribution in [-0.2, 0) is 20.0 Å². The first-order valence-corrected chi connectivity index (χ1v) is 11.7. The standard InChI is InChI=1S/C20H19N3O5S2/c1-15-7-11-18(12-8-15)29(25,26)22-17-9-13-19(14-10-17)30(27,28)23-21-20(24)16-5-3-2-4-6-16/h2-14,22-23H,1H3,(H,21,24). The minimum absolute atomic E-state index is 0.0927. The van der Waals surface area contributed by atoms with E-state index in [1.54, 1.807) is 42.5 Å². The van der Waals surface area contributed by atoms with Gasteiger partial charge in [-0.15, -0.1) is 4.83 Å². The van der Waals surface area contributed by atoms with E-state index in [2.05, 4.69) is 10.1 Å². The minimum Gasteiger partial charge on any atom is -0.280 e. The number of sulfonamides is 2. The quantitative estimate of drug-likeness (QED) is 0.482. The number of nitrogens with one attached hydrogen (secondary N) is 3. The van der Waals surface area contributed by atoms with E-state index in [9.17, 15) is 21.6 Å². The summed E-state index contributed by atoms with van der Waals surface area (Å²) in [6.45, 7) is 1.85. The van der Waals surface area contributed by atoms with Gasteiger partial charge in [0.1, 0.15) is 0 Å². The Morgan fingerprint density at radius 3 is 1.83 bits per heavy atom. The van der Waals surface area contributed by atoms with E-state index >= 15 is 0 Å². The van der Waals surface area contributed by atoms with Gasteiger partial charge < -0.3 is 0 Å². The van der Waals surface area contributed by atoms with Crippen LogP contribution in [0.15, 0.2) is 88.7 Å². The number of benzene rings is 3. The van der Waals surface area contributed by atoms with Crippen molar-refractivity contribution in [3.05, 3.63) is 90.0 Å². The van der Waals surface area contributed by atoms with E-state index < -0.39 is 26.0 Å². The zero-order valence-corrected chi connectivity index (χ0v) is 17.5. The summed E-state index contributed by atoms with van der Waals surface area (Å²) in [5.74, 6) is -0.610. The Morgan fingerprint density at radius 1 is 0.700 bits per heavy atom. The summed E-state index contributed by atoms with van der Waals surface area (Å²) in [7, 11) is -7.84. The van der Waals surface area contributed by atoms with Crippen LogP contribution in [0.2, 0.25) is 0 Å². The van der Waals surface area contributed by atoms with Gasteiger partial charge in [-0.3, -0.25) is 14.9 Å². The molecule has 0 bridgehead atoms. The number of anilines is 1. The smallest absolute Gasteiger partial charge is 0.266 e. The Hall–Kier alpha value is -3.21. The molecule has 3 aromatic carbocycles. The summed E-state index contributed by atoms with van der Waals surface area (Å²) in [4.78, 5) is 13.9. The lowest BCUT2D eigenvalue weighted by Crippen LogP contribution is -2.41. The predicted octanol–water partition coefficient (Wildman–Crippen LogP) is 2.42. The third kappa shape index (κ3) is 5.23. The fourth-order valence-electron chi connectivity index (χ4n) is 2.47. The lowest BCUT2D eigenvalue weighted by atomic mass is 10.2. The van der Waals surface area contributed by atoms with Crippen LogP contribution in [0.3, 0.4) is 0 Å². The number of hydrazine groups is 1. The highest BCUT2D eigenvalue weighted by atomic mass is 32.2. The van der Waals surface area contributed by atoms with Crippen molar-refractivity contribution in [2.45, 2.75) is 16.7 Å². The van der Waals surface area contributed by atoms with Crippen molar-refractivity contribution in [2.75, 3.05) is 4.72 Å². The van der Waals surface area contributed by atoms with Crippen molar-refractivity contribution in [2.24, 2.45) is 0 Å². The number of carbonyl (C=O) groups is 1. The van der Waals surface area contributed by atoms with Gasteiger partial charge in [-0.25, -0.2) is 16.8 Å². The summed E-state index contributed by atoms with van der Waals surface area (Å²) < 4.78 is 51.9. The molecule has 156 valence electrons. The van der Waals surface area contributed by atoms with Crippen LogP contribution in [0.4, 0.5) is 5.69 Å². The number of aryl methyl sites for hydroxylation is 1. The number of hydrogen-bond donors (Lipinski definition) is 3. The van der Waals surface area contributed by atoms with Crippen molar-refractivity contribution in [1.82, 2.24) is 10.3 Å². The molecule has 0 atom stereocenters. The second-order valence-electron chi connectivity index (χ2n) is 6.37. The van der Waals surface area contributed by atoms with Gasteiger partial charge in [-0.2, -0.15) is 0 Å². The molecular weight excluding hydrogens is 426 g/mol. The molecule has 0 fully saturated rings. The molecule has 3 N–H and O–H groups in total. The first-order valence-electron chi connectivity index (χ1n) is 8.74. The van der Waals surface area contributed by atoms with Gasteiger partial charge in [-0.05, 0) is 55.5 Å². The highest BCUT2D eigenvalue weighted by molar-refractivity contribution is 7.92. The lowest BCUT2D eigenvalue weighted by Gasteiger charge is -2.11. The molecule has 0 aliphatic carbocycles. The normalized spacial score (nSPS) is 11.6. The molecule has 30 heavy (non-hydrogen) atoms. The third-order valence-corrected chi connectivity index (χ3v) is 6.74. The van der Waals surface area contributed by atoms with Crippen LogP contribution in [0.1, 0.15) is 15.9 Å². The average molecular weight is 446 g/mol. The summed E-state index contributed by atoms with van der Waals surface area (Å²) in [6.07, 6.45) is 0. The van der Waals surface area contributed by atoms with Crippen molar-refractivity contribution in [3.63, 3.8) is 0 Å². The van der Waals surface area contributed by atoms with Crippen molar-refractivity contribution in [3.8, 4) is 0 Å². The van der Waals surface area contributed by atoms with E-state index in [0.717, 1.165) is 5.56 Å². The first-order chi connectivity index (χ1) is 14.2. The summed E-state index contributed by atoms with van der Waals surface area (Å²) in [5, 5.41) is 0. The lowest BCUT2D eigenvalue weighted by molar-refractivity contribution is 0.0945. The fourth-order valence-corrected chi connectivity index (χ4v) is 4.37. The molecule has 1 amide bonds. The summed E-state index contributed by atoms with van der Waals surface area (Å²) >= 11 is 0. The SMILES string of the molecule is Cc1ccc(S(=O)(=O)Nc2ccc(S(=O)(=O)NNC(=O)c3ccccc3)cc2)cc1. The zero-order chi connectivity index (χ0) is 21.8. The van der Waals surface area contributed by atoms with E-state index in [0.29, 0.717) is 5.56 Å². The first kappa shape index (κ1) is 21.5. The van der Waals surface area contributed by atoms with Gasteiger partial charge in [0.25, 0.3) is 26.0 Å². The summed E-state index contributed by atoms with van der Waals surface area (Å²) in [6, 6.07) is 19.5. The Morgan fingerprint density at radius 2 is 1.23 bits per heavy atom. The van der Waals surface area contributed by atoms with Gasteiger partial charge >= 0.3 is 0 Å². The van der Waals surface area contributed by atoms with Crippen LogP contribution in [-0.4, -0.2) is 22.7 Å². The molecule has 0 aromatic heterocycles. The maximum Gasteiger partial charge on any atom is 0.266 e. The Balaban J connectivity index is 1.68. The monoisotopic (exact) mass is 445 g/mol. The molecule has 3 rings (SSSR count). The molecule has 10 heteroatoms. The van der Waals surface area contributed by atoms with Crippen LogP contribution in [0.5, 0.6) is 0 Å². The molecule has 0 aliphatic heterocycles. The molecule has 0 radical (unpaired) electrons. The summed E-state index contributed by atoms with van der Waals surface area (Å²) in [5.41, 5.74) is 3.54. The van der Waals surface area contributed by atoms with E-state index in [-0.39, 0.29) is 15.5 Å². The largest absolute Gasteiger partial charge is 0.280 e. The van der Waals surface area contributed by atoms with Crippen LogP contribution >= 0.6 is 0 Å². The van der Waals surface area contributed by atoms with Gasteiger partial charge in [0.15, 0.2) is 0 Å². The molecule has 8 nitrogen and oxygen atoms in total. The topological polar surface area (TPSA) is 121 Å². The fraction of sp³-hybridized carbons (Fsp3) is 0.0500. The van der Waals surface area contributed by atoms with Crippen molar-refractivity contribution < 1.29 is 21.6 Å². The molecule has 0 aliphatic rings. The Kier molecular flexibility index (Phi) is 6.20. The number of rotatable bonds is 7. The predicted molar refractivity (Wildman–Crippen MR) is 113 cm³/mol. The number of hydrogen-bond acceptors (Lipinski definition) is 5. The molecule has 3 aromatic rings. The van der Waals surface area contributed by atoms with Gasteiger partial charge in [0, 0.05) is 11.3 Å². The van der Waals surface area contributed by atoms with E-state index in [4.69, 9.17) is 0 Å². The van der Waals surface area contributed by atoms with Crippen LogP contribution in [0.25, 0.3) is 0 Å². The maximum absolute atomic E-state index is 12.4. The highest BCUT2D eigenvalue weighted by Crippen LogP contribution is 2.18. The Bertz CT molecular complexity index is 1240. The average Bonchev–Trinajstić information content (AvgIpc) is 2.73. The zero-order valence-electron chi connectivity index (χ0n) is 15.9. The maximum atomic E-state index is 12.4. The molecule has 0 heterocycles. The van der Waals surface area contributed by atoms with Crippen molar-refractivity contribution >= 4 is 31.6 Å².